The van der Waals surface area contributed by atoms with Crippen molar-refractivity contribution in [2.45, 2.75) is 46.5 Å². The Labute approximate surface area is 93.2 Å². The van der Waals surface area contributed by atoms with Crippen LogP contribution in [-0.2, 0) is 0 Å². The summed E-state index contributed by atoms with van der Waals surface area (Å²) in [6.07, 6.45) is 0.987. The summed E-state index contributed by atoms with van der Waals surface area (Å²) >= 11 is 5.93. The molecule has 2 heteroatoms. The molecular formula is C12H22ClN. The van der Waals surface area contributed by atoms with Gasteiger partial charge in [0.05, 0.1) is 5.50 Å². The van der Waals surface area contributed by atoms with Crippen LogP contribution in [0.4, 0.5) is 0 Å². The van der Waals surface area contributed by atoms with Gasteiger partial charge in [0, 0.05) is 5.70 Å². The molecule has 0 aliphatic heterocycles. The highest BCUT2D eigenvalue weighted by molar-refractivity contribution is 6.20. The zero-order valence-electron chi connectivity index (χ0n) is 9.95. The predicted molar refractivity (Wildman–Crippen MR) is 65.4 cm³/mol. The molecule has 1 atom stereocenters. The molecule has 0 aliphatic carbocycles. The van der Waals surface area contributed by atoms with Gasteiger partial charge in [0.2, 0.25) is 0 Å². The van der Waals surface area contributed by atoms with Crippen molar-refractivity contribution >= 4 is 11.6 Å². The van der Waals surface area contributed by atoms with Crippen LogP contribution in [0.3, 0.4) is 0 Å². The van der Waals surface area contributed by atoms with E-state index in [1.807, 2.05) is 6.92 Å². The summed E-state index contributed by atoms with van der Waals surface area (Å²) in [6.45, 7) is 14.5. The first-order valence-electron chi connectivity index (χ1n) is 5.19. The average molecular weight is 216 g/mol. The number of halogens is 1. The number of hydrogen-bond donors (Lipinski definition) is 1. The van der Waals surface area contributed by atoms with Gasteiger partial charge in [-0.15, -0.1) is 0 Å². The van der Waals surface area contributed by atoms with E-state index in [2.05, 4.69) is 39.6 Å². The Bertz CT molecular complexity index is 226. The molecule has 0 saturated carbocycles. The van der Waals surface area contributed by atoms with Gasteiger partial charge in [0.15, 0.2) is 0 Å². The molecule has 0 aliphatic rings. The van der Waals surface area contributed by atoms with Crippen molar-refractivity contribution in [2.75, 3.05) is 0 Å². The van der Waals surface area contributed by atoms with Gasteiger partial charge >= 0.3 is 0 Å². The minimum absolute atomic E-state index is 0.0352. The maximum absolute atomic E-state index is 5.93. The number of alkyl halides is 1. The van der Waals surface area contributed by atoms with Crippen LogP contribution in [0.2, 0.25) is 0 Å². The molecule has 0 bridgehead atoms. The van der Waals surface area contributed by atoms with E-state index in [0.29, 0.717) is 5.92 Å². The van der Waals surface area contributed by atoms with Crippen molar-refractivity contribution in [3.8, 4) is 0 Å². The Balaban J connectivity index is 4.85. The topological polar surface area (TPSA) is 12.0 Å². The Kier molecular flexibility index (Phi) is 5.94. The molecule has 0 aromatic carbocycles. The van der Waals surface area contributed by atoms with Crippen molar-refractivity contribution in [1.82, 2.24) is 5.32 Å². The quantitative estimate of drug-likeness (QED) is 0.415. The van der Waals surface area contributed by atoms with Crippen LogP contribution in [0.5, 0.6) is 0 Å². The molecule has 14 heavy (non-hydrogen) atoms. The van der Waals surface area contributed by atoms with E-state index >= 15 is 0 Å². The van der Waals surface area contributed by atoms with E-state index in [0.717, 1.165) is 6.42 Å². The van der Waals surface area contributed by atoms with Gasteiger partial charge in [-0.3, -0.25) is 0 Å². The Morgan fingerprint density at radius 2 is 1.86 bits per heavy atom. The van der Waals surface area contributed by atoms with Crippen molar-refractivity contribution in [1.29, 1.82) is 0 Å². The highest BCUT2D eigenvalue weighted by Gasteiger charge is 2.10. The summed E-state index contributed by atoms with van der Waals surface area (Å²) in [5.74, 6) is 0.458. The maximum atomic E-state index is 5.93. The SMILES string of the molecule is C=C(CC)/C(C)=C(/NC(C)Cl)C(C)C. The summed E-state index contributed by atoms with van der Waals surface area (Å²) in [5, 5.41) is 3.28. The van der Waals surface area contributed by atoms with Gasteiger partial charge in [-0.1, -0.05) is 44.5 Å². The molecule has 1 unspecified atom stereocenters. The second-order valence-corrected chi connectivity index (χ2v) is 4.57. The largest absolute Gasteiger partial charge is 0.372 e. The van der Waals surface area contributed by atoms with Crippen molar-refractivity contribution in [2.24, 2.45) is 5.92 Å². The lowest BCUT2D eigenvalue weighted by Crippen LogP contribution is -2.24. The van der Waals surface area contributed by atoms with Gasteiger partial charge in [-0.05, 0) is 31.8 Å². The highest BCUT2D eigenvalue weighted by atomic mass is 35.5. The van der Waals surface area contributed by atoms with Gasteiger partial charge in [0.1, 0.15) is 0 Å². The number of hydrogen-bond acceptors (Lipinski definition) is 1. The number of nitrogens with one attached hydrogen (secondary N) is 1. The van der Waals surface area contributed by atoms with Gasteiger partial charge in [0.25, 0.3) is 0 Å². The maximum Gasteiger partial charge on any atom is 0.0981 e. The molecule has 0 aromatic heterocycles. The summed E-state index contributed by atoms with van der Waals surface area (Å²) < 4.78 is 0. The Morgan fingerprint density at radius 1 is 1.36 bits per heavy atom. The summed E-state index contributed by atoms with van der Waals surface area (Å²) in [4.78, 5) is 0. The summed E-state index contributed by atoms with van der Waals surface area (Å²) in [6, 6.07) is 0. The van der Waals surface area contributed by atoms with E-state index in [-0.39, 0.29) is 5.50 Å². The van der Waals surface area contributed by atoms with E-state index in [1.54, 1.807) is 0 Å². The van der Waals surface area contributed by atoms with Crippen LogP contribution in [0, 0.1) is 5.92 Å². The lowest BCUT2D eigenvalue weighted by Gasteiger charge is -2.20. The van der Waals surface area contributed by atoms with Crippen LogP contribution in [0.25, 0.3) is 0 Å². The molecule has 0 amide bonds. The standard InChI is InChI=1S/C12H22ClN/c1-7-9(4)10(5)12(8(2)3)14-11(6)13/h8,11,14H,4,7H2,1-3,5-6H3/b12-10+. The fourth-order valence-corrected chi connectivity index (χ4v) is 1.50. The lowest BCUT2D eigenvalue weighted by molar-refractivity contribution is 0.635. The zero-order chi connectivity index (χ0) is 11.3. The highest BCUT2D eigenvalue weighted by Crippen LogP contribution is 2.20. The van der Waals surface area contributed by atoms with Crippen molar-refractivity contribution in [3.05, 3.63) is 23.4 Å². The number of allylic oxidation sites excluding steroid dienone is 3. The first-order chi connectivity index (χ1) is 6.40. The van der Waals surface area contributed by atoms with Gasteiger partial charge < -0.3 is 5.32 Å². The van der Waals surface area contributed by atoms with Crippen LogP contribution in [0.15, 0.2) is 23.4 Å². The van der Waals surface area contributed by atoms with Crippen molar-refractivity contribution < 1.29 is 0 Å². The van der Waals surface area contributed by atoms with Gasteiger partial charge in [-0.25, -0.2) is 0 Å². The normalized spacial score (nSPS) is 15.1. The molecule has 0 radical (unpaired) electrons. The monoisotopic (exact) mass is 215 g/mol. The van der Waals surface area contributed by atoms with E-state index in [4.69, 9.17) is 11.6 Å². The minimum atomic E-state index is -0.0352. The molecule has 0 rings (SSSR count). The molecule has 0 aromatic rings. The minimum Gasteiger partial charge on any atom is -0.372 e. The second-order valence-electron chi connectivity index (χ2n) is 3.91. The third kappa shape index (κ3) is 4.19. The molecule has 1 N–H and O–H groups in total. The van der Waals surface area contributed by atoms with E-state index in [9.17, 15) is 0 Å². The van der Waals surface area contributed by atoms with Crippen LogP contribution in [0.1, 0.15) is 41.0 Å². The Hall–Kier alpha value is -0.430. The fourth-order valence-electron chi connectivity index (χ4n) is 1.38. The molecule has 1 nitrogen and oxygen atoms in total. The second kappa shape index (κ2) is 6.13. The predicted octanol–water partition coefficient (Wildman–Crippen LogP) is 4.06. The van der Waals surface area contributed by atoms with E-state index in [1.165, 1.54) is 16.8 Å². The molecule has 82 valence electrons. The van der Waals surface area contributed by atoms with Gasteiger partial charge in [-0.2, -0.15) is 0 Å². The summed E-state index contributed by atoms with van der Waals surface area (Å²) in [7, 11) is 0. The summed E-state index contributed by atoms with van der Waals surface area (Å²) in [5.41, 5.74) is 3.60. The fraction of sp³-hybridized carbons (Fsp3) is 0.667. The molecule has 0 spiro atoms. The molecular weight excluding hydrogens is 194 g/mol. The number of rotatable bonds is 5. The lowest BCUT2D eigenvalue weighted by atomic mass is 9.98. The van der Waals surface area contributed by atoms with E-state index < -0.39 is 0 Å². The molecule has 0 fully saturated rings. The Morgan fingerprint density at radius 3 is 2.14 bits per heavy atom. The van der Waals surface area contributed by atoms with Crippen LogP contribution >= 0.6 is 11.6 Å². The van der Waals surface area contributed by atoms with Crippen LogP contribution < -0.4 is 5.32 Å². The van der Waals surface area contributed by atoms with Crippen molar-refractivity contribution in [3.63, 3.8) is 0 Å². The zero-order valence-corrected chi connectivity index (χ0v) is 10.7. The third-order valence-electron chi connectivity index (χ3n) is 2.29. The first kappa shape index (κ1) is 13.6. The first-order valence-corrected chi connectivity index (χ1v) is 5.63. The van der Waals surface area contributed by atoms with Crippen LogP contribution in [-0.4, -0.2) is 5.50 Å². The molecule has 0 heterocycles. The smallest absolute Gasteiger partial charge is 0.0981 e. The molecule has 0 saturated heterocycles. The average Bonchev–Trinajstić information content (AvgIpc) is 2.11. The third-order valence-corrected chi connectivity index (χ3v) is 2.40.